The summed E-state index contributed by atoms with van der Waals surface area (Å²) in [5, 5.41) is 0. The summed E-state index contributed by atoms with van der Waals surface area (Å²) >= 11 is 0. The molecule has 0 aliphatic carbocycles. The van der Waals surface area contributed by atoms with Gasteiger partial charge in [0.05, 0.1) is 56.4 Å². The predicted octanol–water partition coefficient (Wildman–Crippen LogP) is -8.44. The molecule has 0 radical (unpaired) electrons. The zero-order valence-corrected chi connectivity index (χ0v) is 73.5. The van der Waals surface area contributed by atoms with E-state index in [1.165, 1.54) is 0 Å². The first kappa shape index (κ1) is 3470. The van der Waals surface area contributed by atoms with Crippen LogP contribution in [0.3, 0.4) is 0 Å². The van der Waals surface area contributed by atoms with E-state index in [-0.39, 0.29) is 640 Å². The molecular weight excluding hydrogens is 2440 g/mol. The Morgan fingerprint density at radius 2 is 0.0930 bits per heavy atom. The monoisotopic (exact) mass is 2540 g/mol. The molecule has 48 N–H and O–H groups in total. The van der Waals surface area contributed by atoms with E-state index in [4.69, 9.17) is 0 Å². The van der Waals surface area contributed by atoms with E-state index in [9.17, 15) is 0 Å². The first-order valence-corrected chi connectivity index (χ1v) is 3.58. The quantitative estimate of drug-likeness (QED) is 0.0828. The van der Waals surface area contributed by atoms with Crippen molar-refractivity contribution in [3.05, 3.63) is 0 Å². The number of rotatable bonds is 0. The fourth-order valence-electron chi connectivity index (χ4n) is 0. The Bertz CT molecular complexity index is 174. The summed E-state index contributed by atoms with van der Waals surface area (Å²) in [7, 11) is 17.0. The molecule has 0 saturated carbocycles. The van der Waals surface area contributed by atoms with Crippen molar-refractivity contribution >= 4 is 0 Å². The van der Waals surface area contributed by atoms with Gasteiger partial charge in [-0.25, -0.2) is 0 Å². The van der Waals surface area contributed by atoms with E-state index in [1.54, 1.807) is 0 Å². The SMILES string of the molecule is C[N+](C)(C)C.C[N+](C)(C)C.O.O.O.O.O.O.O.O.[Mo].[Mo].[Mo].[Mo].[Mo].[Mo].[Mo].[Mo].[Mo].[Mo].[Mo].[Mo].[Mo].[Mo].[NH4+].[NH4+].[NH4+].[NH4+].[NH4+].[NH4+].[NH4+].[NH4+].[O-2].[O-2].[O-2].[O-2].[O-2].[O-2].[O-2].[O-2].[O-2].[O-2].[O-2].[O-2].[O-2].[O-2].[O-2].[O-2].[O-2].[O-2].[O-2].[O-2].[O-2].[O-2].[O-2].[O-2].[O-2].[O-2].[O-2].[O-2].[O-2].[O-2].[O-2].[O-2].[O-2].[O-2].[O-2].[O-2].[O-2].[O-2].[O-2].[O-2].[O-2].[O-2].[O-2].[O-2].[O-2].[O-2]. The van der Waals surface area contributed by atoms with Gasteiger partial charge >= 0.3 is 0 Å². The van der Waals surface area contributed by atoms with Crippen LogP contribution in [-0.4, -0.2) is 109 Å². The Morgan fingerprint density at radius 1 is 0.0930 bits per heavy atom. The van der Waals surface area contributed by atoms with E-state index in [0.29, 0.717) is 0 Å². The maximum Gasteiger partial charge on any atom is 0.0675 e. The van der Waals surface area contributed by atoms with Crippen molar-refractivity contribution in [1.82, 2.24) is 49.2 Å². The Morgan fingerprint density at radius 3 is 0.0930 bits per heavy atom. The van der Waals surface area contributed by atoms with Crippen LogP contribution >= 0.6 is 0 Å². The molecule has 0 spiro atoms. The molecule has 0 aromatic rings. The van der Waals surface area contributed by atoms with Crippen molar-refractivity contribution in [2.75, 3.05) is 56.4 Å². The predicted molar refractivity (Wildman–Crippen MR) is 156 cm³/mol. The van der Waals surface area contributed by atoms with Crippen molar-refractivity contribution in [3.63, 3.8) is 0 Å². The normalized spacial score (nSPS) is 1.40. The van der Waals surface area contributed by atoms with Crippen LogP contribution < -0.4 is 49.2 Å². The van der Waals surface area contributed by atoms with E-state index < -0.39 is 0 Å². The van der Waals surface area contributed by atoms with Crippen LogP contribution in [0.25, 0.3) is 0 Å². The Labute approximate surface area is 697 Å². The minimum Gasteiger partial charge on any atom is -2.00 e. The summed E-state index contributed by atoms with van der Waals surface area (Å²) in [6.07, 6.45) is 0. The van der Waals surface area contributed by atoms with Crippen molar-refractivity contribution < 1.29 is 600 Å². The van der Waals surface area contributed by atoms with Gasteiger partial charge in [0.1, 0.15) is 0 Å². The third-order valence-electron chi connectivity index (χ3n) is 0. The topological polar surface area (TPSA) is 1860 Å². The summed E-state index contributed by atoms with van der Waals surface area (Å²) in [4.78, 5) is 0. The van der Waals surface area contributed by atoms with Crippen LogP contribution in [0.4, 0.5) is 0 Å². The molecule has 78 heteroatoms. The first-order valence-electron chi connectivity index (χ1n) is 3.58. The van der Waals surface area contributed by atoms with Crippen molar-refractivity contribution in [1.29, 1.82) is 0 Å². The standard InChI is InChI=1S/2C4H12N.14Mo.8H3N.8H2O.46O/c2*1-5(2,3)4;;;;;;;;;;;;;;;;;;;;;;;;;;;;;;;;;;;;;;;;;;;;;;;;;;;;;;;;;;;;;;;;;;;;;;;;;;;;/h2*1-4H3;;;;;;;;;;;;;;;8*1H3;8*1H2;;;;;;;;;;;;;;;;;;;;;;;;;;;;;;;;;;;;;;;;;;;;;;/q2*+1;;;;;;;;;;;;;;;;;;;;;;;;;;;;;;;46*-2/p+8. The molecule has 0 aliphatic heterocycles. The molecule has 0 aliphatic rings. The fraction of sp³-hybridized carbons (Fsp3) is 1.00. The maximum atomic E-state index is 2.12. The van der Waals surface area contributed by atoms with Crippen LogP contribution in [0, 0.1) is 0 Å². The number of hydrogen-bond acceptors (Lipinski definition) is 0. The Kier molecular flexibility index (Phi) is 84700. The van der Waals surface area contributed by atoms with Gasteiger partial charge in [-0.1, -0.05) is 0 Å². The molecule has 0 bridgehead atoms. The molecule has 644 valence electrons. The van der Waals surface area contributed by atoms with Gasteiger partial charge in [0.25, 0.3) is 0 Å². The molecule has 0 heterocycles. The smallest absolute Gasteiger partial charge is 0.0675 e. The van der Waals surface area contributed by atoms with Gasteiger partial charge in [0.15, 0.2) is 0 Å². The average molecular weight is 2520 g/mol. The summed E-state index contributed by atoms with van der Waals surface area (Å²) < 4.78 is 2.00. The second kappa shape index (κ2) is 2100. The maximum absolute atomic E-state index is 2.12. The second-order valence-electron chi connectivity index (χ2n) is 5.37. The van der Waals surface area contributed by atoms with Crippen LogP contribution in [0.5, 0.6) is 0 Å². The third-order valence-corrected chi connectivity index (χ3v) is 0. The van der Waals surface area contributed by atoms with E-state index in [1.807, 2.05) is 0 Å². The molecule has 86 heavy (non-hydrogen) atoms. The second-order valence-corrected chi connectivity index (χ2v) is 5.37. The molecule has 64 nitrogen and oxygen atoms in total. The summed E-state index contributed by atoms with van der Waals surface area (Å²) in [6.45, 7) is 0. The van der Waals surface area contributed by atoms with Gasteiger partial charge in [0.2, 0.25) is 0 Å². The van der Waals surface area contributed by atoms with Crippen molar-refractivity contribution in [2.24, 2.45) is 0 Å². The van der Waals surface area contributed by atoms with Crippen molar-refractivity contribution in [2.45, 2.75) is 0 Å². The zero-order chi connectivity index (χ0) is 9.00. The van der Waals surface area contributed by atoms with Gasteiger partial charge in [0, 0.05) is 295 Å². The molecule has 0 unspecified atom stereocenters. The number of nitrogens with zero attached hydrogens (tertiary/aromatic N) is 2. The molecule has 0 aromatic heterocycles. The molecule has 0 aromatic carbocycles. The minimum atomic E-state index is 0. The van der Waals surface area contributed by atoms with Crippen LogP contribution in [0.2, 0.25) is 0 Å². The number of hydrogen-bond donors (Lipinski definition) is 8. The molecule has 0 fully saturated rings. The van der Waals surface area contributed by atoms with Crippen molar-refractivity contribution in [3.8, 4) is 0 Å². The minimum absolute atomic E-state index is 0. The Hall–Kier alpha value is 7.08. The van der Waals surface area contributed by atoms with E-state index in [2.05, 4.69) is 56.4 Å². The average Bonchev–Trinajstić information content (AvgIpc) is 1.12. The molecule has 0 amide bonds. The summed E-state index contributed by atoms with van der Waals surface area (Å²) in [6, 6.07) is 0. The molecular formula is C8H72Mo14N10O54-82. The largest absolute Gasteiger partial charge is 2.00 e. The van der Waals surface area contributed by atoms with Crippen LogP contribution in [-0.2, 0) is 547 Å². The van der Waals surface area contributed by atoms with E-state index in [0.717, 1.165) is 8.97 Å². The molecule has 0 rings (SSSR count). The third kappa shape index (κ3) is 14800. The van der Waals surface area contributed by atoms with Gasteiger partial charge < -0.3 is 354 Å². The van der Waals surface area contributed by atoms with Gasteiger partial charge in [-0.3, -0.25) is 0 Å². The van der Waals surface area contributed by atoms with Crippen LogP contribution in [0.1, 0.15) is 0 Å². The first-order chi connectivity index (χ1) is 4.00. The van der Waals surface area contributed by atoms with Crippen LogP contribution in [0.15, 0.2) is 0 Å². The summed E-state index contributed by atoms with van der Waals surface area (Å²) in [5.74, 6) is 0. The van der Waals surface area contributed by atoms with Gasteiger partial charge in [-0.15, -0.1) is 0 Å². The molecule has 0 atom stereocenters. The molecule has 0 saturated heterocycles. The van der Waals surface area contributed by atoms with Gasteiger partial charge in [-0.2, -0.15) is 0 Å². The number of quaternary nitrogens is 10. The van der Waals surface area contributed by atoms with E-state index >= 15 is 0 Å². The summed E-state index contributed by atoms with van der Waals surface area (Å²) in [5.41, 5.74) is 0. The van der Waals surface area contributed by atoms with Gasteiger partial charge in [-0.05, 0) is 0 Å². The Balaban J connectivity index is -0.000000000104. The zero-order valence-electron chi connectivity index (χ0n) is 45.4. The fourth-order valence-corrected chi connectivity index (χ4v) is 0.